The van der Waals surface area contributed by atoms with Crippen molar-refractivity contribution in [2.24, 2.45) is 7.05 Å². The van der Waals surface area contributed by atoms with Crippen LogP contribution in [0.15, 0.2) is 32.8 Å². The lowest BCUT2D eigenvalue weighted by Gasteiger charge is -1.96. The van der Waals surface area contributed by atoms with Crippen molar-refractivity contribution in [3.63, 3.8) is 0 Å². The summed E-state index contributed by atoms with van der Waals surface area (Å²) >= 11 is 3.12. The van der Waals surface area contributed by atoms with Gasteiger partial charge in [0.25, 0.3) is 5.56 Å². The lowest BCUT2D eigenvalue weighted by molar-refractivity contribution is -0.670. The van der Waals surface area contributed by atoms with Crippen LogP contribution >= 0.6 is 15.9 Å². The summed E-state index contributed by atoms with van der Waals surface area (Å²) in [5.41, 5.74) is -0.986. The van der Waals surface area contributed by atoms with Crippen LogP contribution < -0.4 is 15.8 Å². The Morgan fingerprint density at radius 3 is 2.73 bits per heavy atom. The molecule has 2 aromatic heterocycles. The van der Waals surface area contributed by atoms with E-state index in [9.17, 15) is 9.59 Å². The maximum atomic E-state index is 11.3. The molecule has 0 fully saturated rings. The third-order valence-corrected chi connectivity index (χ3v) is 2.63. The first-order valence-electron chi connectivity index (χ1n) is 4.13. The number of hydrogen-bond acceptors (Lipinski definition) is 2. The van der Waals surface area contributed by atoms with E-state index in [1.165, 1.54) is 0 Å². The van der Waals surface area contributed by atoms with Gasteiger partial charge < -0.3 is 0 Å². The van der Waals surface area contributed by atoms with Crippen LogP contribution in [-0.2, 0) is 7.05 Å². The van der Waals surface area contributed by atoms with Gasteiger partial charge in [-0.05, 0) is 15.9 Å². The molecule has 2 N–H and O–H groups in total. The predicted molar refractivity (Wildman–Crippen MR) is 55.9 cm³/mol. The molecule has 0 saturated heterocycles. The van der Waals surface area contributed by atoms with Crippen molar-refractivity contribution >= 4 is 15.9 Å². The Kier molecular flexibility index (Phi) is 2.31. The van der Waals surface area contributed by atoms with E-state index >= 15 is 0 Å². The monoisotopic (exact) mass is 271 g/mol. The Labute approximate surface area is 92.3 Å². The lowest BCUT2D eigenvalue weighted by atomic mass is 10.5. The van der Waals surface area contributed by atoms with E-state index in [2.05, 4.69) is 25.9 Å². The molecule has 6 nitrogen and oxygen atoms in total. The maximum Gasteiger partial charge on any atom is 0.328 e. The normalized spacial score (nSPS) is 10.5. The Morgan fingerprint density at radius 1 is 1.40 bits per heavy atom. The summed E-state index contributed by atoms with van der Waals surface area (Å²) in [5, 5.41) is 0. The number of rotatable bonds is 1. The first-order chi connectivity index (χ1) is 7.08. The highest BCUT2D eigenvalue weighted by atomic mass is 79.9. The Balaban J connectivity index is 2.73. The molecular weight excluding hydrogens is 264 g/mol. The van der Waals surface area contributed by atoms with Gasteiger partial charge in [-0.15, -0.1) is 0 Å². The largest absolute Gasteiger partial charge is 0.328 e. The van der Waals surface area contributed by atoms with Gasteiger partial charge in [0.2, 0.25) is 12.1 Å². The van der Waals surface area contributed by atoms with Crippen molar-refractivity contribution < 1.29 is 4.57 Å². The Hall–Kier alpha value is -1.63. The third kappa shape index (κ3) is 1.78. The molecule has 0 spiro atoms. The van der Waals surface area contributed by atoms with Crippen molar-refractivity contribution in [3.8, 4) is 5.82 Å². The van der Waals surface area contributed by atoms with E-state index in [0.29, 0.717) is 10.3 Å². The van der Waals surface area contributed by atoms with Crippen LogP contribution in [0.4, 0.5) is 0 Å². The van der Waals surface area contributed by atoms with E-state index in [0.717, 1.165) is 0 Å². The minimum atomic E-state index is -0.533. The summed E-state index contributed by atoms with van der Waals surface area (Å²) in [5.74, 6) is 0.407. The fraction of sp³-hybridized carbons (Fsp3) is 0.125. The highest BCUT2D eigenvalue weighted by Crippen LogP contribution is 2.10. The summed E-state index contributed by atoms with van der Waals surface area (Å²) < 4.78 is 3.73. The molecule has 7 heteroatoms. The second kappa shape index (κ2) is 3.50. The molecule has 0 unspecified atom stereocenters. The van der Waals surface area contributed by atoms with Crippen LogP contribution in [0.25, 0.3) is 5.82 Å². The molecule has 0 amide bonds. The van der Waals surface area contributed by atoms with Crippen LogP contribution in [0.3, 0.4) is 0 Å². The van der Waals surface area contributed by atoms with Crippen molar-refractivity contribution in [1.82, 2.24) is 14.5 Å². The number of H-pyrrole nitrogens is 2. The number of aromatic nitrogens is 4. The second-order valence-electron chi connectivity index (χ2n) is 3.06. The zero-order chi connectivity index (χ0) is 11.0. The van der Waals surface area contributed by atoms with Gasteiger partial charge in [0.15, 0.2) is 0 Å². The van der Waals surface area contributed by atoms with Crippen LogP contribution in [0.5, 0.6) is 0 Å². The SMILES string of the molecule is C[n+]1ccn(-c2[nH]c(=O)[nH]c(=O)c2Br)c1. The smallest absolute Gasteiger partial charge is 0.273 e. The molecule has 0 aliphatic rings. The topological polar surface area (TPSA) is 74.5 Å². The third-order valence-electron chi connectivity index (χ3n) is 1.89. The van der Waals surface area contributed by atoms with E-state index in [1.54, 1.807) is 27.9 Å². The summed E-state index contributed by atoms with van der Waals surface area (Å²) in [6.45, 7) is 0. The number of nitrogens with one attached hydrogen (secondary N) is 2. The van der Waals surface area contributed by atoms with Gasteiger partial charge in [0, 0.05) is 0 Å². The zero-order valence-corrected chi connectivity index (χ0v) is 9.41. The molecule has 2 rings (SSSR count). The minimum Gasteiger partial charge on any atom is -0.273 e. The molecule has 2 aromatic rings. The van der Waals surface area contributed by atoms with E-state index in [4.69, 9.17) is 0 Å². The summed E-state index contributed by atoms with van der Waals surface area (Å²) in [4.78, 5) is 27.0. The quantitative estimate of drug-likeness (QED) is 0.683. The van der Waals surface area contributed by atoms with E-state index < -0.39 is 11.2 Å². The number of nitrogens with zero attached hydrogens (tertiary/aromatic N) is 2. The van der Waals surface area contributed by atoms with Gasteiger partial charge >= 0.3 is 5.69 Å². The van der Waals surface area contributed by atoms with Crippen molar-refractivity contribution in [2.75, 3.05) is 0 Å². The summed E-state index contributed by atoms with van der Waals surface area (Å²) in [6, 6.07) is 0. The molecule has 0 saturated carbocycles. The first-order valence-corrected chi connectivity index (χ1v) is 4.93. The van der Waals surface area contributed by atoms with Crippen LogP contribution in [0, 0.1) is 0 Å². The summed E-state index contributed by atoms with van der Waals surface area (Å²) in [6.07, 6.45) is 5.26. The number of imidazole rings is 1. The van der Waals surface area contributed by atoms with Crippen molar-refractivity contribution in [2.45, 2.75) is 0 Å². The Morgan fingerprint density at radius 2 is 2.13 bits per heavy atom. The van der Waals surface area contributed by atoms with Crippen molar-refractivity contribution in [3.05, 3.63) is 44.0 Å². The van der Waals surface area contributed by atoms with Gasteiger partial charge in [-0.2, -0.15) is 4.57 Å². The standard InChI is InChI=1S/C8H7BrN4O2/c1-12-2-3-13(4-12)6-5(9)7(14)11-8(15)10-6/h2-4H,1H3,(H-,10,11,14,15)/p+1. The molecule has 78 valence electrons. The highest BCUT2D eigenvalue weighted by molar-refractivity contribution is 9.10. The van der Waals surface area contributed by atoms with Crippen LogP contribution in [0.2, 0.25) is 0 Å². The fourth-order valence-corrected chi connectivity index (χ4v) is 1.62. The minimum absolute atomic E-state index is 0.290. The molecule has 0 atom stereocenters. The molecular formula is C8H8BrN4O2+. The van der Waals surface area contributed by atoms with Gasteiger partial charge in [-0.3, -0.25) is 14.8 Å². The van der Waals surface area contributed by atoms with E-state index in [-0.39, 0.29) is 0 Å². The number of aromatic amines is 2. The number of hydrogen-bond donors (Lipinski definition) is 2. The molecule has 15 heavy (non-hydrogen) atoms. The van der Waals surface area contributed by atoms with E-state index in [1.807, 2.05) is 7.05 Å². The Bertz CT molecular complexity index is 610. The molecule has 0 radical (unpaired) electrons. The van der Waals surface area contributed by atoms with Gasteiger partial charge in [0.1, 0.15) is 16.9 Å². The van der Waals surface area contributed by atoms with Gasteiger partial charge in [-0.25, -0.2) is 9.36 Å². The maximum absolute atomic E-state index is 11.3. The zero-order valence-electron chi connectivity index (χ0n) is 7.82. The highest BCUT2D eigenvalue weighted by Gasteiger charge is 2.13. The predicted octanol–water partition coefficient (Wildman–Crippen LogP) is -0.559. The number of halogens is 1. The molecule has 2 heterocycles. The van der Waals surface area contributed by atoms with Crippen LogP contribution in [0.1, 0.15) is 0 Å². The van der Waals surface area contributed by atoms with Gasteiger partial charge in [0.05, 0.1) is 7.05 Å². The molecule has 0 aromatic carbocycles. The van der Waals surface area contributed by atoms with Crippen LogP contribution in [-0.4, -0.2) is 14.5 Å². The number of aryl methyl sites for hydroxylation is 1. The summed E-state index contributed by atoms with van der Waals surface area (Å²) in [7, 11) is 1.84. The lowest BCUT2D eigenvalue weighted by Crippen LogP contribution is -2.27. The first kappa shape index (κ1) is 9.91. The molecule has 0 aliphatic carbocycles. The average Bonchev–Trinajstić information content (AvgIpc) is 2.58. The second-order valence-corrected chi connectivity index (χ2v) is 3.85. The van der Waals surface area contributed by atoms with Gasteiger partial charge in [-0.1, -0.05) is 0 Å². The fourth-order valence-electron chi connectivity index (χ4n) is 1.22. The van der Waals surface area contributed by atoms with Crippen molar-refractivity contribution in [1.29, 1.82) is 0 Å². The molecule has 0 bridgehead atoms. The average molecular weight is 272 g/mol. The molecule has 0 aliphatic heterocycles.